The fourth-order valence-electron chi connectivity index (χ4n) is 2.93. The molecule has 0 saturated carbocycles. The second-order valence-electron chi connectivity index (χ2n) is 6.83. The predicted octanol–water partition coefficient (Wildman–Crippen LogP) is 5.79. The van der Waals surface area contributed by atoms with E-state index in [9.17, 15) is 4.79 Å². The third kappa shape index (κ3) is 4.44. The molecule has 0 atom stereocenters. The molecule has 0 saturated heterocycles. The Hall–Kier alpha value is -2.60. The quantitative estimate of drug-likeness (QED) is 0.388. The summed E-state index contributed by atoms with van der Waals surface area (Å²) in [6, 6.07) is 11.3. The molecule has 0 unspecified atom stereocenters. The molecule has 146 valence electrons. The van der Waals surface area contributed by atoms with Crippen molar-refractivity contribution in [1.29, 1.82) is 0 Å². The number of fused-ring (bicyclic) bond motifs is 1. The highest BCUT2D eigenvalue weighted by Crippen LogP contribution is 2.29. The third-order valence-electron chi connectivity index (χ3n) is 4.39. The molecule has 0 aliphatic heterocycles. The molecule has 1 N–H and O–H groups in total. The Kier molecular flexibility index (Phi) is 6.19. The maximum absolute atomic E-state index is 12.3. The van der Waals surface area contributed by atoms with Crippen LogP contribution in [0.25, 0.3) is 11.0 Å². The number of halogens is 1. The highest BCUT2D eigenvalue weighted by molar-refractivity contribution is 9.10. The number of hydrogen-bond donors (Lipinski definition) is 1. The lowest BCUT2D eigenvalue weighted by Gasteiger charge is -2.15. The minimum Gasteiger partial charge on any atom is -0.494 e. The molecular formula is C22H23BrN2O3. The molecule has 0 radical (unpaired) electrons. The standard InChI is InChI=1S/C22H23BrN2O3/c1-5-27-20-8-14(4)16(10-18(20)13(2)3)12-24-25-22(26)21-11-15-9-17(23)6-7-19(15)28-21/h6-13H,5H2,1-4H3,(H,25,26)/b24-12+. The van der Waals surface area contributed by atoms with Crippen LogP contribution in [0.2, 0.25) is 0 Å². The zero-order valence-corrected chi connectivity index (χ0v) is 18.0. The van der Waals surface area contributed by atoms with E-state index in [-0.39, 0.29) is 5.76 Å². The van der Waals surface area contributed by atoms with Gasteiger partial charge in [-0.25, -0.2) is 5.43 Å². The number of carbonyl (C=O) groups is 1. The van der Waals surface area contributed by atoms with Gasteiger partial charge in [-0.1, -0.05) is 29.8 Å². The molecule has 3 rings (SSSR count). The summed E-state index contributed by atoms with van der Waals surface area (Å²) < 4.78 is 12.3. The molecule has 0 bridgehead atoms. The van der Waals surface area contributed by atoms with Gasteiger partial charge in [0.1, 0.15) is 11.3 Å². The highest BCUT2D eigenvalue weighted by atomic mass is 79.9. The average Bonchev–Trinajstić information content (AvgIpc) is 3.06. The zero-order chi connectivity index (χ0) is 20.3. The molecule has 1 heterocycles. The van der Waals surface area contributed by atoms with Gasteiger partial charge in [0.2, 0.25) is 0 Å². The van der Waals surface area contributed by atoms with E-state index in [0.717, 1.165) is 32.3 Å². The Morgan fingerprint density at radius 1 is 1.29 bits per heavy atom. The fraction of sp³-hybridized carbons (Fsp3) is 0.273. The molecule has 2 aromatic carbocycles. The van der Waals surface area contributed by atoms with E-state index in [1.165, 1.54) is 0 Å². The highest BCUT2D eigenvalue weighted by Gasteiger charge is 2.13. The maximum Gasteiger partial charge on any atom is 0.307 e. The number of benzene rings is 2. The lowest BCUT2D eigenvalue weighted by Crippen LogP contribution is -2.16. The van der Waals surface area contributed by atoms with Crippen molar-refractivity contribution in [3.63, 3.8) is 0 Å². The first-order chi connectivity index (χ1) is 13.4. The van der Waals surface area contributed by atoms with E-state index in [4.69, 9.17) is 9.15 Å². The van der Waals surface area contributed by atoms with Crippen LogP contribution < -0.4 is 10.2 Å². The van der Waals surface area contributed by atoms with Crippen LogP contribution in [0.4, 0.5) is 0 Å². The van der Waals surface area contributed by atoms with Gasteiger partial charge in [-0.2, -0.15) is 5.10 Å². The Balaban J connectivity index is 1.77. The van der Waals surface area contributed by atoms with Crippen LogP contribution in [-0.2, 0) is 0 Å². The number of ether oxygens (including phenoxy) is 1. The number of nitrogens with one attached hydrogen (secondary N) is 1. The largest absolute Gasteiger partial charge is 0.494 e. The van der Waals surface area contributed by atoms with Crippen LogP contribution in [0.15, 0.2) is 50.4 Å². The summed E-state index contributed by atoms with van der Waals surface area (Å²) in [4.78, 5) is 12.3. The Labute approximate surface area is 172 Å². The van der Waals surface area contributed by atoms with Crippen molar-refractivity contribution in [3.8, 4) is 5.75 Å². The van der Waals surface area contributed by atoms with Gasteiger partial charge < -0.3 is 9.15 Å². The van der Waals surface area contributed by atoms with E-state index < -0.39 is 5.91 Å². The molecule has 1 aromatic heterocycles. The monoisotopic (exact) mass is 442 g/mol. The molecule has 3 aromatic rings. The summed E-state index contributed by atoms with van der Waals surface area (Å²) in [6.07, 6.45) is 1.65. The van der Waals surface area contributed by atoms with Crippen LogP contribution >= 0.6 is 15.9 Å². The normalized spacial score (nSPS) is 11.5. The Morgan fingerprint density at radius 2 is 2.07 bits per heavy atom. The summed E-state index contributed by atoms with van der Waals surface area (Å²) in [5.41, 5.74) is 6.26. The number of furan rings is 1. The predicted molar refractivity (Wildman–Crippen MR) is 115 cm³/mol. The van der Waals surface area contributed by atoms with Gasteiger partial charge in [0.25, 0.3) is 0 Å². The van der Waals surface area contributed by atoms with Gasteiger partial charge in [0.05, 0.1) is 12.8 Å². The van der Waals surface area contributed by atoms with Crippen LogP contribution in [0, 0.1) is 6.92 Å². The van der Waals surface area contributed by atoms with Crippen molar-refractivity contribution in [2.24, 2.45) is 5.10 Å². The van der Waals surface area contributed by atoms with Gasteiger partial charge in [-0.15, -0.1) is 0 Å². The molecule has 0 aliphatic rings. The third-order valence-corrected chi connectivity index (χ3v) is 4.89. The number of nitrogens with zero attached hydrogens (tertiary/aromatic N) is 1. The minimum absolute atomic E-state index is 0.219. The van der Waals surface area contributed by atoms with Crippen LogP contribution in [0.1, 0.15) is 53.9 Å². The van der Waals surface area contributed by atoms with Crippen molar-refractivity contribution in [3.05, 3.63) is 63.3 Å². The topological polar surface area (TPSA) is 63.8 Å². The average molecular weight is 443 g/mol. The van der Waals surface area contributed by atoms with Crippen molar-refractivity contribution in [2.45, 2.75) is 33.6 Å². The molecule has 0 aliphatic carbocycles. The number of aryl methyl sites for hydroxylation is 1. The molecular weight excluding hydrogens is 420 g/mol. The van der Waals surface area contributed by atoms with Crippen molar-refractivity contribution in [1.82, 2.24) is 5.43 Å². The van der Waals surface area contributed by atoms with Gasteiger partial charge >= 0.3 is 5.91 Å². The Morgan fingerprint density at radius 3 is 2.79 bits per heavy atom. The molecule has 6 heteroatoms. The lowest BCUT2D eigenvalue weighted by molar-refractivity contribution is 0.0929. The summed E-state index contributed by atoms with van der Waals surface area (Å²) in [5, 5.41) is 4.96. The molecule has 0 fully saturated rings. The zero-order valence-electron chi connectivity index (χ0n) is 16.4. The second kappa shape index (κ2) is 8.61. The van der Waals surface area contributed by atoms with E-state index in [1.807, 2.05) is 38.1 Å². The van der Waals surface area contributed by atoms with Crippen molar-refractivity contribution < 1.29 is 13.9 Å². The van der Waals surface area contributed by atoms with Crippen molar-refractivity contribution >= 4 is 39.0 Å². The van der Waals surface area contributed by atoms with Crippen molar-refractivity contribution in [2.75, 3.05) is 6.61 Å². The number of hydrogen-bond acceptors (Lipinski definition) is 4. The summed E-state index contributed by atoms with van der Waals surface area (Å²) in [7, 11) is 0. The van der Waals surface area contributed by atoms with Crippen LogP contribution in [-0.4, -0.2) is 18.7 Å². The van der Waals surface area contributed by atoms with Crippen LogP contribution in [0.5, 0.6) is 5.75 Å². The number of carbonyl (C=O) groups excluding carboxylic acids is 1. The van der Waals surface area contributed by atoms with Gasteiger partial charge in [-0.3, -0.25) is 4.79 Å². The molecule has 28 heavy (non-hydrogen) atoms. The van der Waals surface area contributed by atoms with E-state index in [2.05, 4.69) is 46.4 Å². The first kappa shape index (κ1) is 20.1. The first-order valence-corrected chi connectivity index (χ1v) is 9.98. The summed E-state index contributed by atoms with van der Waals surface area (Å²) in [6.45, 7) is 8.83. The summed E-state index contributed by atoms with van der Waals surface area (Å²) >= 11 is 3.41. The maximum atomic E-state index is 12.3. The van der Waals surface area contributed by atoms with E-state index in [0.29, 0.717) is 18.1 Å². The number of amides is 1. The van der Waals surface area contributed by atoms with Gasteiger partial charge in [-0.05, 0) is 72.9 Å². The van der Waals surface area contributed by atoms with Crippen LogP contribution in [0.3, 0.4) is 0 Å². The first-order valence-electron chi connectivity index (χ1n) is 9.19. The minimum atomic E-state index is -0.392. The number of rotatable bonds is 6. The van der Waals surface area contributed by atoms with Gasteiger partial charge in [0.15, 0.2) is 5.76 Å². The lowest BCUT2D eigenvalue weighted by atomic mass is 9.97. The molecule has 0 spiro atoms. The smallest absolute Gasteiger partial charge is 0.307 e. The van der Waals surface area contributed by atoms with E-state index >= 15 is 0 Å². The van der Waals surface area contributed by atoms with E-state index in [1.54, 1.807) is 12.3 Å². The fourth-order valence-corrected chi connectivity index (χ4v) is 3.31. The number of hydrazone groups is 1. The molecule has 1 amide bonds. The summed E-state index contributed by atoms with van der Waals surface area (Å²) in [5.74, 6) is 1.04. The Bertz CT molecular complexity index is 1040. The molecule has 5 nitrogen and oxygen atoms in total. The SMILES string of the molecule is CCOc1cc(C)c(/C=N/NC(=O)c2cc3cc(Br)ccc3o2)cc1C(C)C. The van der Waals surface area contributed by atoms with Gasteiger partial charge in [0, 0.05) is 9.86 Å². The second-order valence-corrected chi connectivity index (χ2v) is 7.74.